The van der Waals surface area contributed by atoms with E-state index in [-0.39, 0.29) is 19.4 Å². The van der Waals surface area contributed by atoms with Crippen LogP contribution in [-0.2, 0) is 4.79 Å². The molecule has 0 bridgehead atoms. The van der Waals surface area contributed by atoms with Gasteiger partial charge in [-0.3, -0.25) is 4.79 Å². The first-order chi connectivity index (χ1) is 8.78. The average Bonchev–Trinajstić information content (AvgIpc) is 2.29. The van der Waals surface area contributed by atoms with Gasteiger partial charge in [0.15, 0.2) is 0 Å². The highest BCUT2D eigenvalue weighted by atomic mass is 16.4. The van der Waals surface area contributed by atoms with E-state index in [1.807, 2.05) is 0 Å². The van der Waals surface area contributed by atoms with Crippen molar-refractivity contribution in [3.63, 3.8) is 0 Å². The molecule has 0 saturated heterocycles. The average molecular weight is 270 g/mol. The van der Waals surface area contributed by atoms with Crippen LogP contribution in [0.4, 0.5) is 0 Å². The van der Waals surface area contributed by atoms with Crippen LogP contribution in [0, 0.1) is 0 Å². The van der Waals surface area contributed by atoms with Crippen molar-refractivity contribution >= 4 is 11.9 Å². The second kappa shape index (κ2) is 8.23. The summed E-state index contributed by atoms with van der Waals surface area (Å²) in [5.41, 5.74) is -0.946. The Kier molecular flexibility index (Phi) is 7.40. The van der Waals surface area contributed by atoms with Crippen LogP contribution in [0.3, 0.4) is 0 Å². The maximum Gasteiger partial charge on any atom is 0.335 e. The van der Waals surface area contributed by atoms with Crippen molar-refractivity contribution in [3.8, 4) is 0 Å². The van der Waals surface area contributed by atoms with Gasteiger partial charge in [-0.15, -0.1) is 0 Å². The molecule has 1 aromatic carbocycles. The third-order valence-electron chi connectivity index (χ3n) is 2.20. The number of aliphatic carboxylic acids is 1. The number of hydrogen-bond donors (Lipinski definition) is 4. The number of aliphatic hydroxyl groups is 2. The van der Waals surface area contributed by atoms with Crippen molar-refractivity contribution in [2.45, 2.75) is 25.4 Å². The lowest BCUT2D eigenvalue weighted by molar-refractivity contribution is -0.142. The molecule has 19 heavy (non-hydrogen) atoms. The Balaban J connectivity index is 0.000000342. The van der Waals surface area contributed by atoms with E-state index >= 15 is 0 Å². The van der Waals surface area contributed by atoms with E-state index in [0.717, 1.165) is 0 Å². The maximum atomic E-state index is 10.2. The summed E-state index contributed by atoms with van der Waals surface area (Å²) in [6.07, 6.45) is -0.229. The van der Waals surface area contributed by atoms with Gasteiger partial charge in [-0.2, -0.15) is 0 Å². The summed E-state index contributed by atoms with van der Waals surface area (Å²) < 4.78 is 0. The fraction of sp³-hybridized carbons (Fsp3) is 0.385. The predicted octanol–water partition coefficient (Wildman–Crippen LogP) is 0.979. The Morgan fingerprint density at radius 1 is 1.16 bits per heavy atom. The molecule has 0 unspecified atom stereocenters. The van der Waals surface area contributed by atoms with Crippen LogP contribution in [0.2, 0.25) is 0 Å². The molecule has 0 aliphatic rings. The molecule has 0 aliphatic carbocycles. The molecule has 0 fully saturated rings. The number of aromatic carboxylic acids is 1. The molecule has 106 valence electrons. The van der Waals surface area contributed by atoms with Crippen LogP contribution in [-0.4, -0.2) is 44.6 Å². The molecule has 6 nitrogen and oxygen atoms in total. The zero-order valence-electron chi connectivity index (χ0n) is 10.6. The maximum absolute atomic E-state index is 10.2. The van der Waals surface area contributed by atoms with Gasteiger partial charge in [0, 0.05) is 6.61 Å². The second-order valence-electron chi connectivity index (χ2n) is 4.21. The second-order valence-corrected chi connectivity index (χ2v) is 4.21. The van der Waals surface area contributed by atoms with Crippen molar-refractivity contribution in [1.82, 2.24) is 0 Å². The molecular formula is C13H18O6. The van der Waals surface area contributed by atoms with Crippen LogP contribution < -0.4 is 0 Å². The highest BCUT2D eigenvalue weighted by Crippen LogP contribution is 2.12. The lowest BCUT2D eigenvalue weighted by Crippen LogP contribution is -2.28. The molecule has 0 spiro atoms. The topological polar surface area (TPSA) is 115 Å². The van der Waals surface area contributed by atoms with Crippen molar-refractivity contribution in [2.24, 2.45) is 0 Å². The van der Waals surface area contributed by atoms with Crippen molar-refractivity contribution in [1.29, 1.82) is 0 Å². The van der Waals surface area contributed by atoms with E-state index in [0.29, 0.717) is 5.56 Å². The first-order valence-electron chi connectivity index (χ1n) is 5.62. The van der Waals surface area contributed by atoms with E-state index in [1.54, 1.807) is 30.3 Å². The third kappa shape index (κ3) is 8.76. The summed E-state index contributed by atoms with van der Waals surface area (Å²) in [5.74, 6) is -1.94. The summed E-state index contributed by atoms with van der Waals surface area (Å²) in [6, 6.07) is 8.30. The normalized spacial score (nSPS) is 12.8. The fourth-order valence-corrected chi connectivity index (χ4v) is 1.24. The summed E-state index contributed by atoms with van der Waals surface area (Å²) in [6.45, 7) is 1.19. The summed E-state index contributed by atoms with van der Waals surface area (Å²) in [5, 5.41) is 34.1. The van der Waals surface area contributed by atoms with E-state index in [9.17, 15) is 9.59 Å². The molecule has 0 radical (unpaired) electrons. The van der Waals surface area contributed by atoms with Gasteiger partial charge in [0.05, 0.1) is 17.6 Å². The van der Waals surface area contributed by atoms with Gasteiger partial charge in [-0.1, -0.05) is 18.2 Å². The van der Waals surface area contributed by atoms with E-state index in [2.05, 4.69) is 0 Å². The Bertz CT molecular complexity index is 399. The van der Waals surface area contributed by atoms with Gasteiger partial charge in [0.25, 0.3) is 0 Å². The lowest BCUT2D eigenvalue weighted by Gasteiger charge is -2.18. The molecule has 1 aromatic rings. The standard InChI is InChI=1S/C7H6O2.C6H12O4/c8-7(9)6-4-2-1-3-5-6;1-6(10,2-3-7)4-5(8)9/h1-5H,(H,8,9);7,10H,2-4H2,1H3,(H,8,9)/t;6-/m.1/s1. The van der Waals surface area contributed by atoms with E-state index in [4.69, 9.17) is 20.4 Å². The van der Waals surface area contributed by atoms with Gasteiger partial charge in [0.2, 0.25) is 0 Å². The van der Waals surface area contributed by atoms with Gasteiger partial charge in [0.1, 0.15) is 0 Å². The molecule has 1 atom stereocenters. The number of carbonyl (C=O) groups is 2. The minimum absolute atomic E-state index is 0.0965. The number of aliphatic hydroxyl groups excluding tert-OH is 1. The molecule has 6 heteroatoms. The summed E-state index contributed by atoms with van der Waals surface area (Å²) in [4.78, 5) is 20.2. The van der Waals surface area contributed by atoms with Crippen LogP contribution in [0.25, 0.3) is 0 Å². The number of benzene rings is 1. The minimum Gasteiger partial charge on any atom is -0.481 e. The summed E-state index contributed by atoms with van der Waals surface area (Å²) >= 11 is 0. The van der Waals surface area contributed by atoms with Crippen molar-refractivity contribution in [2.75, 3.05) is 6.61 Å². The molecule has 1 rings (SSSR count). The van der Waals surface area contributed by atoms with Crippen LogP contribution in [0.1, 0.15) is 30.1 Å². The van der Waals surface area contributed by atoms with Gasteiger partial charge >= 0.3 is 11.9 Å². The molecule has 0 heterocycles. The minimum atomic E-state index is -1.28. The van der Waals surface area contributed by atoms with Crippen LogP contribution in [0.15, 0.2) is 30.3 Å². The Morgan fingerprint density at radius 3 is 2.00 bits per heavy atom. The van der Waals surface area contributed by atoms with Gasteiger partial charge < -0.3 is 20.4 Å². The SMILES string of the molecule is C[C@@](O)(CCO)CC(=O)O.O=C(O)c1ccccc1. The Morgan fingerprint density at radius 2 is 1.68 bits per heavy atom. The largest absolute Gasteiger partial charge is 0.481 e. The molecule has 0 amide bonds. The highest BCUT2D eigenvalue weighted by Gasteiger charge is 2.22. The Labute approximate surface area is 110 Å². The first-order valence-corrected chi connectivity index (χ1v) is 5.62. The quantitative estimate of drug-likeness (QED) is 0.634. The van der Waals surface area contributed by atoms with Crippen LogP contribution in [0.5, 0.6) is 0 Å². The molecule has 0 saturated carbocycles. The molecular weight excluding hydrogens is 252 g/mol. The number of hydrogen-bond acceptors (Lipinski definition) is 4. The predicted molar refractivity (Wildman–Crippen MR) is 68.0 cm³/mol. The molecule has 0 aliphatic heterocycles. The highest BCUT2D eigenvalue weighted by molar-refractivity contribution is 5.87. The zero-order valence-corrected chi connectivity index (χ0v) is 10.6. The number of carboxylic acids is 2. The van der Waals surface area contributed by atoms with E-state index in [1.165, 1.54) is 6.92 Å². The lowest BCUT2D eigenvalue weighted by atomic mass is 9.99. The number of rotatable bonds is 5. The smallest absolute Gasteiger partial charge is 0.335 e. The van der Waals surface area contributed by atoms with Crippen molar-refractivity contribution in [3.05, 3.63) is 35.9 Å². The van der Waals surface area contributed by atoms with Gasteiger partial charge in [-0.25, -0.2) is 4.79 Å². The van der Waals surface area contributed by atoms with E-state index < -0.39 is 17.5 Å². The summed E-state index contributed by atoms with van der Waals surface area (Å²) in [7, 11) is 0. The monoisotopic (exact) mass is 270 g/mol. The molecule has 4 N–H and O–H groups in total. The van der Waals surface area contributed by atoms with Crippen molar-refractivity contribution < 1.29 is 30.0 Å². The Hall–Kier alpha value is -1.92. The first kappa shape index (κ1) is 17.1. The van der Waals surface area contributed by atoms with Crippen LogP contribution >= 0.6 is 0 Å². The third-order valence-corrected chi connectivity index (χ3v) is 2.20. The number of carboxylic acid groups (broad SMARTS) is 2. The fourth-order valence-electron chi connectivity index (χ4n) is 1.24. The van der Waals surface area contributed by atoms with Gasteiger partial charge in [-0.05, 0) is 25.5 Å². The zero-order chi connectivity index (χ0) is 14.9. The molecule has 0 aromatic heterocycles.